The number of nitrogens with zero attached hydrogens (tertiary/aromatic N) is 3. The van der Waals surface area contributed by atoms with Crippen molar-refractivity contribution in [1.82, 2.24) is 14.7 Å². The van der Waals surface area contributed by atoms with Crippen LogP contribution in [0.25, 0.3) is 0 Å². The molecule has 1 fully saturated rings. The minimum absolute atomic E-state index is 0.174. The maximum atomic E-state index is 12.6. The summed E-state index contributed by atoms with van der Waals surface area (Å²) >= 11 is 0. The predicted octanol–water partition coefficient (Wildman–Crippen LogP) is 0.970. The Morgan fingerprint density at radius 2 is 1.93 bits per heavy atom. The van der Waals surface area contributed by atoms with Gasteiger partial charge in [-0.1, -0.05) is 0 Å². The molecule has 3 rings (SSSR count). The topological polar surface area (TPSA) is 126 Å². The molecule has 2 aromatic rings. The third-order valence-electron chi connectivity index (χ3n) is 4.50. The molecule has 30 heavy (non-hydrogen) atoms. The molecule has 0 radical (unpaired) electrons. The number of aromatic nitrogens is 2. The zero-order valence-electron chi connectivity index (χ0n) is 17.0. The number of morpholine rings is 1. The number of hydrogen-bond donors (Lipinski definition) is 3. The van der Waals surface area contributed by atoms with Crippen molar-refractivity contribution in [2.24, 2.45) is 0 Å². The van der Waals surface area contributed by atoms with Crippen molar-refractivity contribution in [2.45, 2.75) is 18.7 Å². The smallest absolute Gasteiger partial charge is 0.240 e. The Kier molecular flexibility index (Phi) is 7.19. The maximum absolute atomic E-state index is 12.6. The standard InChI is InChI=1S/C19H26N6O4S/c1-14-11-16(24-15(2)26)3-4-17(14)30(27,28)23-6-5-20-18-12-19(22-13-21-18)25-7-9-29-10-8-25/h3-4,11-13,23H,5-10H2,1-2H3,(H,24,26)(H,20,21,22). The number of rotatable bonds is 8. The van der Waals surface area contributed by atoms with E-state index in [9.17, 15) is 13.2 Å². The van der Waals surface area contributed by atoms with Crippen LogP contribution in [0.1, 0.15) is 12.5 Å². The van der Waals surface area contributed by atoms with Gasteiger partial charge in [0.25, 0.3) is 0 Å². The summed E-state index contributed by atoms with van der Waals surface area (Å²) in [6.45, 7) is 6.52. The van der Waals surface area contributed by atoms with Crippen LogP contribution in [0.3, 0.4) is 0 Å². The summed E-state index contributed by atoms with van der Waals surface area (Å²) in [5.41, 5.74) is 1.10. The lowest BCUT2D eigenvalue weighted by molar-refractivity contribution is -0.114. The van der Waals surface area contributed by atoms with Crippen molar-refractivity contribution < 1.29 is 17.9 Å². The van der Waals surface area contributed by atoms with Gasteiger partial charge in [-0.25, -0.2) is 23.1 Å². The molecule has 1 aliphatic heterocycles. The fraction of sp³-hybridized carbons (Fsp3) is 0.421. The second-order valence-electron chi connectivity index (χ2n) is 6.85. The summed E-state index contributed by atoms with van der Waals surface area (Å²) in [7, 11) is -3.67. The van der Waals surface area contributed by atoms with Gasteiger partial charge in [0.2, 0.25) is 15.9 Å². The molecular weight excluding hydrogens is 408 g/mol. The quantitative estimate of drug-likeness (QED) is 0.525. The van der Waals surface area contributed by atoms with Crippen molar-refractivity contribution >= 4 is 33.3 Å². The Morgan fingerprint density at radius 1 is 1.17 bits per heavy atom. The Labute approximate surface area is 176 Å². The number of carbonyl (C=O) groups is 1. The highest BCUT2D eigenvalue weighted by atomic mass is 32.2. The summed E-state index contributed by atoms with van der Waals surface area (Å²) < 4.78 is 33.1. The predicted molar refractivity (Wildman–Crippen MR) is 114 cm³/mol. The fourth-order valence-corrected chi connectivity index (χ4v) is 4.35. The SMILES string of the molecule is CC(=O)Nc1ccc(S(=O)(=O)NCCNc2cc(N3CCOCC3)ncn2)c(C)c1. The summed E-state index contributed by atoms with van der Waals surface area (Å²) in [6.07, 6.45) is 1.48. The van der Waals surface area contributed by atoms with Gasteiger partial charge >= 0.3 is 0 Å². The largest absolute Gasteiger partial charge is 0.378 e. The molecule has 3 N–H and O–H groups in total. The zero-order valence-corrected chi connectivity index (χ0v) is 17.8. The first-order valence-corrected chi connectivity index (χ1v) is 11.1. The van der Waals surface area contributed by atoms with Crippen molar-refractivity contribution in [3.63, 3.8) is 0 Å². The van der Waals surface area contributed by atoms with E-state index in [1.807, 2.05) is 6.07 Å². The van der Waals surface area contributed by atoms with Crippen molar-refractivity contribution in [3.05, 3.63) is 36.2 Å². The average molecular weight is 435 g/mol. The molecule has 1 aromatic carbocycles. The fourth-order valence-electron chi connectivity index (χ4n) is 3.09. The van der Waals surface area contributed by atoms with E-state index in [0.29, 0.717) is 36.8 Å². The molecule has 0 bridgehead atoms. The van der Waals surface area contributed by atoms with Crippen LogP contribution >= 0.6 is 0 Å². The highest BCUT2D eigenvalue weighted by Crippen LogP contribution is 2.19. The van der Waals surface area contributed by atoms with E-state index >= 15 is 0 Å². The van der Waals surface area contributed by atoms with Crippen LogP contribution in [0.5, 0.6) is 0 Å². The lowest BCUT2D eigenvalue weighted by Crippen LogP contribution is -2.36. The molecule has 2 heterocycles. The zero-order chi connectivity index (χ0) is 21.6. The highest BCUT2D eigenvalue weighted by molar-refractivity contribution is 7.89. The average Bonchev–Trinajstić information content (AvgIpc) is 2.71. The van der Waals surface area contributed by atoms with Gasteiger partial charge < -0.3 is 20.3 Å². The molecule has 0 spiro atoms. The van der Waals surface area contributed by atoms with Gasteiger partial charge in [0.1, 0.15) is 18.0 Å². The molecule has 0 aliphatic carbocycles. The number of ether oxygens (including phenoxy) is 1. The summed E-state index contributed by atoms with van der Waals surface area (Å²) in [5, 5.41) is 5.75. The Bertz CT molecular complexity index is 992. The van der Waals surface area contributed by atoms with E-state index in [1.54, 1.807) is 19.1 Å². The van der Waals surface area contributed by atoms with Gasteiger partial charge in [-0.3, -0.25) is 4.79 Å². The molecule has 1 aromatic heterocycles. The second-order valence-corrected chi connectivity index (χ2v) is 8.58. The number of aryl methyl sites for hydroxylation is 1. The molecule has 0 saturated carbocycles. The molecule has 162 valence electrons. The number of hydrogen-bond acceptors (Lipinski definition) is 8. The molecule has 1 aliphatic rings. The first kappa shape index (κ1) is 21.9. The number of benzene rings is 1. The van der Waals surface area contributed by atoms with Crippen molar-refractivity contribution in [3.8, 4) is 0 Å². The Balaban J connectivity index is 1.54. The molecule has 0 atom stereocenters. The molecular formula is C19H26N6O4S. The van der Waals surface area contributed by atoms with Gasteiger partial charge in [0.05, 0.1) is 18.1 Å². The van der Waals surface area contributed by atoms with Crippen LogP contribution < -0.4 is 20.3 Å². The number of amides is 1. The normalized spacial score (nSPS) is 14.4. The number of anilines is 3. The van der Waals surface area contributed by atoms with Gasteiger partial charge in [-0.15, -0.1) is 0 Å². The van der Waals surface area contributed by atoms with E-state index in [4.69, 9.17) is 4.74 Å². The van der Waals surface area contributed by atoms with Crippen LogP contribution in [0, 0.1) is 6.92 Å². The Morgan fingerprint density at radius 3 is 2.63 bits per heavy atom. The minimum Gasteiger partial charge on any atom is -0.378 e. The molecule has 1 saturated heterocycles. The van der Waals surface area contributed by atoms with Crippen molar-refractivity contribution in [1.29, 1.82) is 0 Å². The molecule has 11 heteroatoms. The van der Waals surface area contributed by atoms with Gasteiger partial charge in [0, 0.05) is 44.9 Å². The maximum Gasteiger partial charge on any atom is 0.240 e. The Hall–Kier alpha value is -2.76. The van der Waals surface area contributed by atoms with Crippen LogP contribution in [0.15, 0.2) is 35.5 Å². The van der Waals surface area contributed by atoms with Crippen LogP contribution in [0.4, 0.5) is 17.3 Å². The lowest BCUT2D eigenvalue weighted by Gasteiger charge is -2.27. The van der Waals surface area contributed by atoms with Crippen LogP contribution in [0.2, 0.25) is 0 Å². The third-order valence-corrected chi connectivity index (χ3v) is 6.12. The van der Waals surface area contributed by atoms with Crippen molar-refractivity contribution in [2.75, 3.05) is 54.9 Å². The van der Waals surface area contributed by atoms with E-state index < -0.39 is 10.0 Å². The second kappa shape index (κ2) is 9.83. The monoisotopic (exact) mass is 434 g/mol. The summed E-state index contributed by atoms with van der Waals surface area (Å²) in [6, 6.07) is 6.51. The van der Waals surface area contributed by atoms with E-state index in [1.165, 1.54) is 19.3 Å². The van der Waals surface area contributed by atoms with Gasteiger partial charge in [-0.05, 0) is 30.7 Å². The van der Waals surface area contributed by atoms with Gasteiger partial charge in [0.15, 0.2) is 0 Å². The number of carbonyl (C=O) groups excluding carboxylic acids is 1. The lowest BCUT2D eigenvalue weighted by atomic mass is 10.2. The summed E-state index contributed by atoms with van der Waals surface area (Å²) in [5.74, 6) is 1.23. The van der Waals surface area contributed by atoms with Crippen LogP contribution in [-0.2, 0) is 19.6 Å². The third kappa shape index (κ3) is 5.88. The molecule has 10 nitrogen and oxygen atoms in total. The first-order chi connectivity index (χ1) is 14.3. The van der Waals surface area contributed by atoms with E-state index in [-0.39, 0.29) is 17.3 Å². The minimum atomic E-state index is -3.67. The van der Waals surface area contributed by atoms with Gasteiger partial charge in [-0.2, -0.15) is 0 Å². The van der Waals surface area contributed by atoms with E-state index in [0.717, 1.165) is 18.9 Å². The first-order valence-electron chi connectivity index (χ1n) is 9.62. The van der Waals surface area contributed by atoms with Crippen LogP contribution in [-0.4, -0.2) is 63.7 Å². The molecule has 1 amide bonds. The number of nitrogens with one attached hydrogen (secondary N) is 3. The molecule has 0 unspecified atom stereocenters. The highest BCUT2D eigenvalue weighted by Gasteiger charge is 2.17. The number of sulfonamides is 1. The van der Waals surface area contributed by atoms with E-state index in [2.05, 4.69) is 30.2 Å². The summed E-state index contributed by atoms with van der Waals surface area (Å²) in [4.78, 5) is 21.9.